The second kappa shape index (κ2) is 6.60. The average Bonchev–Trinajstić information content (AvgIpc) is 3.10. The molecule has 2 aromatic carbocycles. The van der Waals surface area contributed by atoms with E-state index in [1.165, 1.54) is 0 Å². The maximum absolute atomic E-state index is 12.8. The van der Waals surface area contributed by atoms with Gasteiger partial charge in [0.25, 0.3) is 5.91 Å². The van der Waals surface area contributed by atoms with Crippen LogP contribution in [0.15, 0.2) is 42.5 Å². The summed E-state index contributed by atoms with van der Waals surface area (Å²) in [5.74, 6) is -0.0847. The fourth-order valence-electron chi connectivity index (χ4n) is 3.39. The van der Waals surface area contributed by atoms with Crippen molar-refractivity contribution < 1.29 is 13.2 Å². The molecular weight excluding hydrogens is 374 g/mol. The Morgan fingerprint density at radius 1 is 1.04 bits per heavy atom. The molecule has 144 valence electrons. The van der Waals surface area contributed by atoms with Crippen LogP contribution in [0.25, 0.3) is 5.69 Å². The van der Waals surface area contributed by atoms with E-state index in [0.717, 1.165) is 22.4 Å². The van der Waals surface area contributed by atoms with Crippen molar-refractivity contribution >= 4 is 21.6 Å². The molecule has 1 aliphatic rings. The van der Waals surface area contributed by atoms with E-state index in [-0.39, 0.29) is 17.4 Å². The average molecular weight is 395 g/mol. The van der Waals surface area contributed by atoms with Gasteiger partial charge in [-0.05, 0) is 50.1 Å². The Labute approximate surface area is 164 Å². The summed E-state index contributed by atoms with van der Waals surface area (Å²) in [6.45, 7) is 5.94. The van der Waals surface area contributed by atoms with Gasteiger partial charge in [0.1, 0.15) is 5.82 Å². The number of aryl methyl sites for hydroxylation is 2. The lowest BCUT2D eigenvalue weighted by Gasteiger charge is -2.14. The van der Waals surface area contributed by atoms with Crippen molar-refractivity contribution in [3.8, 4) is 5.69 Å². The van der Waals surface area contributed by atoms with Gasteiger partial charge in [-0.3, -0.25) is 4.79 Å². The van der Waals surface area contributed by atoms with Crippen LogP contribution in [0.3, 0.4) is 0 Å². The Morgan fingerprint density at radius 2 is 1.75 bits per heavy atom. The van der Waals surface area contributed by atoms with Crippen LogP contribution in [0.2, 0.25) is 0 Å². The predicted octanol–water partition coefficient (Wildman–Crippen LogP) is 3.48. The van der Waals surface area contributed by atoms with Gasteiger partial charge in [0.15, 0.2) is 9.84 Å². The van der Waals surface area contributed by atoms with Crippen molar-refractivity contribution in [1.29, 1.82) is 0 Å². The van der Waals surface area contributed by atoms with Crippen LogP contribution in [0.1, 0.15) is 38.3 Å². The summed E-state index contributed by atoms with van der Waals surface area (Å²) in [5.41, 5.74) is 5.58. The van der Waals surface area contributed by atoms with Gasteiger partial charge in [-0.1, -0.05) is 29.8 Å². The molecule has 0 spiro atoms. The summed E-state index contributed by atoms with van der Waals surface area (Å²) in [7, 11) is -3.23. The summed E-state index contributed by atoms with van der Waals surface area (Å²) < 4.78 is 25.9. The third-order valence-corrected chi connectivity index (χ3v) is 6.58. The van der Waals surface area contributed by atoms with Gasteiger partial charge >= 0.3 is 0 Å². The van der Waals surface area contributed by atoms with Gasteiger partial charge in [-0.25, -0.2) is 13.1 Å². The number of carbonyl (C=O) groups excluding carboxylic acids is 1. The van der Waals surface area contributed by atoms with Gasteiger partial charge in [0.2, 0.25) is 0 Å². The van der Waals surface area contributed by atoms with Gasteiger partial charge in [0.05, 0.1) is 22.9 Å². The maximum atomic E-state index is 12.8. The summed E-state index contributed by atoms with van der Waals surface area (Å²) in [6, 6.07) is 13.1. The van der Waals surface area contributed by atoms with Gasteiger partial charge in [-0.2, -0.15) is 5.10 Å². The highest BCUT2D eigenvalue weighted by Gasteiger charge is 2.33. The first-order chi connectivity index (χ1) is 13.2. The number of benzene rings is 2. The SMILES string of the molecule is Cc1ccc(C(=O)Nc2c3c(nn2-c2cccc(C)c2C)CS(=O)(=O)C3)cc1. The monoisotopic (exact) mass is 395 g/mol. The van der Waals surface area contributed by atoms with Crippen molar-refractivity contribution in [3.05, 3.63) is 76.0 Å². The molecule has 28 heavy (non-hydrogen) atoms. The van der Waals surface area contributed by atoms with Crippen LogP contribution < -0.4 is 5.32 Å². The zero-order valence-corrected chi connectivity index (χ0v) is 16.8. The van der Waals surface area contributed by atoms with E-state index in [1.54, 1.807) is 16.8 Å². The Balaban J connectivity index is 1.82. The third kappa shape index (κ3) is 3.22. The number of nitrogens with zero attached hydrogens (tertiary/aromatic N) is 2. The lowest BCUT2D eigenvalue weighted by molar-refractivity contribution is 0.102. The molecular formula is C21H21N3O3S. The molecule has 0 fully saturated rings. The van der Waals surface area contributed by atoms with Crippen molar-refractivity contribution in [2.75, 3.05) is 5.32 Å². The molecule has 7 heteroatoms. The molecule has 0 atom stereocenters. The number of hydrogen-bond acceptors (Lipinski definition) is 4. The Hall–Kier alpha value is -2.93. The third-order valence-electron chi connectivity index (χ3n) is 5.14. The Kier molecular flexibility index (Phi) is 4.34. The van der Waals surface area contributed by atoms with E-state index in [2.05, 4.69) is 10.4 Å². The summed E-state index contributed by atoms with van der Waals surface area (Å²) in [4.78, 5) is 12.8. The summed E-state index contributed by atoms with van der Waals surface area (Å²) in [6.07, 6.45) is 0. The fourth-order valence-corrected chi connectivity index (χ4v) is 4.89. The largest absolute Gasteiger partial charge is 0.306 e. The van der Waals surface area contributed by atoms with Crippen LogP contribution in [0.5, 0.6) is 0 Å². The van der Waals surface area contributed by atoms with Crippen molar-refractivity contribution in [2.24, 2.45) is 0 Å². The molecule has 1 aliphatic heterocycles. The van der Waals surface area contributed by atoms with Gasteiger partial charge < -0.3 is 5.32 Å². The smallest absolute Gasteiger partial charge is 0.256 e. The zero-order valence-electron chi connectivity index (χ0n) is 16.0. The molecule has 2 heterocycles. The first-order valence-electron chi connectivity index (χ1n) is 9.01. The highest BCUT2D eigenvalue weighted by atomic mass is 32.2. The lowest BCUT2D eigenvalue weighted by atomic mass is 10.1. The molecule has 3 aromatic rings. The molecule has 0 unspecified atom stereocenters. The van der Waals surface area contributed by atoms with Crippen LogP contribution in [0, 0.1) is 20.8 Å². The molecule has 1 N–H and O–H groups in total. The molecule has 0 radical (unpaired) electrons. The normalized spacial score (nSPS) is 14.7. The molecule has 4 rings (SSSR count). The number of amides is 1. The number of anilines is 1. The summed E-state index contributed by atoms with van der Waals surface area (Å²) >= 11 is 0. The second-order valence-corrected chi connectivity index (χ2v) is 9.32. The quantitative estimate of drug-likeness (QED) is 0.736. The first kappa shape index (κ1) is 18.4. The molecule has 1 amide bonds. The summed E-state index contributed by atoms with van der Waals surface area (Å²) in [5, 5.41) is 7.45. The molecule has 6 nitrogen and oxygen atoms in total. The molecule has 1 aromatic heterocycles. The zero-order chi connectivity index (χ0) is 20.1. The number of nitrogens with one attached hydrogen (secondary N) is 1. The minimum Gasteiger partial charge on any atom is -0.306 e. The lowest BCUT2D eigenvalue weighted by Crippen LogP contribution is -2.17. The van der Waals surface area contributed by atoms with Crippen molar-refractivity contribution in [1.82, 2.24) is 9.78 Å². The van der Waals surface area contributed by atoms with Gasteiger partial charge in [0, 0.05) is 11.1 Å². The second-order valence-electron chi connectivity index (χ2n) is 7.26. The highest BCUT2D eigenvalue weighted by Crippen LogP contribution is 2.34. The molecule has 0 bridgehead atoms. The van der Waals surface area contributed by atoms with Crippen LogP contribution in [0.4, 0.5) is 5.82 Å². The van der Waals surface area contributed by atoms with E-state index < -0.39 is 9.84 Å². The number of hydrogen-bond donors (Lipinski definition) is 1. The first-order valence-corrected chi connectivity index (χ1v) is 10.8. The van der Waals surface area contributed by atoms with Gasteiger partial charge in [-0.15, -0.1) is 0 Å². The number of sulfone groups is 1. The van der Waals surface area contributed by atoms with E-state index in [1.807, 2.05) is 51.1 Å². The van der Waals surface area contributed by atoms with Crippen LogP contribution >= 0.6 is 0 Å². The minimum absolute atomic E-state index is 0.104. The van der Waals surface area contributed by atoms with E-state index in [0.29, 0.717) is 22.6 Å². The number of fused-ring (bicyclic) bond motifs is 1. The molecule has 0 aliphatic carbocycles. The van der Waals surface area contributed by atoms with Crippen LogP contribution in [-0.2, 0) is 21.3 Å². The standard InChI is InChI=1S/C21H21N3O3S/c1-13-7-9-16(10-8-13)21(25)22-20-17-11-28(26,27)12-18(17)23-24(20)19-6-4-5-14(2)15(19)3/h4-10H,11-12H2,1-3H3,(H,22,25). The molecule has 0 saturated carbocycles. The van der Waals surface area contributed by atoms with Crippen LogP contribution in [-0.4, -0.2) is 24.1 Å². The Morgan fingerprint density at radius 3 is 2.46 bits per heavy atom. The predicted molar refractivity (Wildman–Crippen MR) is 108 cm³/mol. The molecule has 0 saturated heterocycles. The highest BCUT2D eigenvalue weighted by molar-refractivity contribution is 7.90. The number of rotatable bonds is 3. The minimum atomic E-state index is -3.23. The Bertz CT molecular complexity index is 1190. The fraction of sp³-hybridized carbons (Fsp3) is 0.238. The van der Waals surface area contributed by atoms with E-state index in [4.69, 9.17) is 0 Å². The van der Waals surface area contributed by atoms with E-state index in [9.17, 15) is 13.2 Å². The maximum Gasteiger partial charge on any atom is 0.256 e. The number of aromatic nitrogens is 2. The van der Waals surface area contributed by atoms with E-state index >= 15 is 0 Å². The van der Waals surface area contributed by atoms with Crippen molar-refractivity contribution in [2.45, 2.75) is 32.3 Å². The van der Waals surface area contributed by atoms with Crippen molar-refractivity contribution in [3.63, 3.8) is 0 Å². The topological polar surface area (TPSA) is 81.1 Å². The number of carbonyl (C=O) groups is 1.